The van der Waals surface area contributed by atoms with E-state index in [1.165, 1.54) is 11.8 Å². The quantitative estimate of drug-likeness (QED) is 0.781. The first-order valence-corrected chi connectivity index (χ1v) is 10.6. The minimum atomic E-state index is -3.09. The summed E-state index contributed by atoms with van der Waals surface area (Å²) in [6, 6.07) is 5.12. The molecule has 2 saturated heterocycles. The number of ether oxygens (including phenoxy) is 2. The smallest absolute Gasteiger partial charge is 0.247 e. The number of hydrogen-bond donors (Lipinski definition) is 0. The van der Waals surface area contributed by atoms with Gasteiger partial charge in [-0.15, -0.1) is 0 Å². The van der Waals surface area contributed by atoms with Crippen LogP contribution >= 0.6 is 11.8 Å². The third kappa shape index (κ3) is 3.48. The first kappa shape index (κ1) is 18.1. The highest BCUT2D eigenvalue weighted by Gasteiger charge is 2.49. The van der Waals surface area contributed by atoms with Crippen molar-refractivity contribution in [2.75, 3.05) is 30.6 Å². The lowest BCUT2D eigenvalue weighted by molar-refractivity contribution is -0.117. The van der Waals surface area contributed by atoms with E-state index in [4.69, 9.17) is 9.47 Å². The van der Waals surface area contributed by atoms with Crippen LogP contribution in [0.15, 0.2) is 23.2 Å². The number of carbonyl (C=O) groups excluding carboxylic acids is 1. The zero-order valence-electron chi connectivity index (χ0n) is 14.3. The van der Waals surface area contributed by atoms with Gasteiger partial charge in [-0.25, -0.2) is 8.42 Å². The Morgan fingerprint density at radius 3 is 2.64 bits per heavy atom. The minimum Gasteiger partial charge on any atom is -0.493 e. The van der Waals surface area contributed by atoms with Crippen LogP contribution in [-0.4, -0.2) is 56.5 Å². The van der Waals surface area contributed by atoms with Crippen LogP contribution in [0, 0.1) is 0 Å². The number of amidine groups is 1. The van der Waals surface area contributed by atoms with Gasteiger partial charge in [0.2, 0.25) is 5.91 Å². The van der Waals surface area contributed by atoms with Gasteiger partial charge in [-0.1, -0.05) is 18.7 Å². The maximum absolute atomic E-state index is 12.0. The molecule has 0 aliphatic carbocycles. The summed E-state index contributed by atoms with van der Waals surface area (Å²) in [5.41, 5.74) is 0.734. The summed E-state index contributed by atoms with van der Waals surface area (Å²) in [6.45, 7) is 1.75. The van der Waals surface area contributed by atoms with Crippen molar-refractivity contribution in [2.45, 2.75) is 24.6 Å². The number of anilines is 1. The lowest BCUT2D eigenvalue weighted by Gasteiger charge is -2.25. The summed E-state index contributed by atoms with van der Waals surface area (Å²) in [6.07, 6.45) is 0.303. The fraction of sp³-hybridized carbons (Fsp3) is 0.500. The Kier molecular flexibility index (Phi) is 4.97. The van der Waals surface area contributed by atoms with Gasteiger partial charge in [0, 0.05) is 23.4 Å². The molecule has 2 aliphatic heterocycles. The van der Waals surface area contributed by atoms with E-state index < -0.39 is 9.84 Å². The highest BCUT2D eigenvalue weighted by Crippen LogP contribution is 2.43. The van der Waals surface area contributed by atoms with E-state index in [2.05, 4.69) is 4.99 Å². The third-order valence-electron chi connectivity index (χ3n) is 4.23. The Balaban J connectivity index is 2.04. The van der Waals surface area contributed by atoms with Crippen molar-refractivity contribution in [1.82, 2.24) is 0 Å². The third-order valence-corrected chi connectivity index (χ3v) is 7.44. The van der Waals surface area contributed by atoms with Crippen LogP contribution < -0.4 is 14.4 Å². The number of carbonyl (C=O) groups is 1. The van der Waals surface area contributed by atoms with E-state index in [-0.39, 0.29) is 28.7 Å². The Morgan fingerprint density at radius 2 is 2.00 bits per heavy atom. The molecule has 2 aliphatic rings. The minimum absolute atomic E-state index is 0.0539. The maximum atomic E-state index is 12.0. The van der Waals surface area contributed by atoms with Gasteiger partial charge in [0.1, 0.15) is 0 Å². The fourth-order valence-corrected chi connectivity index (χ4v) is 6.96. The molecule has 2 heterocycles. The van der Waals surface area contributed by atoms with Gasteiger partial charge < -0.3 is 14.4 Å². The second-order valence-corrected chi connectivity index (χ2v) is 9.21. The summed E-state index contributed by atoms with van der Waals surface area (Å²) >= 11 is 1.36. The maximum Gasteiger partial charge on any atom is 0.247 e. The summed E-state index contributed by atoms with van der Waals surface area (Å²) in [5, 5.41) is 0.422. The van der Waals surface area contributed by atoms with E-state index in [9.17, 15) is 13.2 Å². The number of methoxy groups -OCH3 is 2. The monoisotopic (exact) mass is 384 g/mol. The van der Waals surface area contributed by atoms with Crippen molar-refractivity contribution in [2.24, 2.45) is 4.99 Å². The molecule has 0 unspecified atom stereocenters. The molecular weight excluding hydrogens is 364 g/mol. The topological polar surface area (TPSA) is 85.3 Å². The molecule has 136 valence electrons. The molecule has 7 nitrogen and oxygen atoms in total. The zero-order valence-corrected chi connectivity index (χ0v) is 15.9. The van der Waals surface area contributed by atoms with E-state index in [1.807, 2.05) is 11.0 Å². The highest BCUT2D eigenvalue weighted by atomic mass is 32.2. The first-order chi connectivity index (χ1) is 11.9. The molecule has 0 bridgehead atoms. The van der Waals surface area contributed by atoms with Crippen molar-refractivity contribution >= 4 is 38.4 Å². The van der Waals surface area contributed by atoms with E-state index in [0.29, 0.717) is 23.1 Å². The molecule has 0 spiro atoms. The van der Waals surface area contributed by atoms with Crippen molar-refractivity contribution in [3.8, 4) is 11.5 Å². The van der Waals surface area contributed by atoms with Gasteiger partial charge >= 0.3 is 0 Å². The second kappa shape index (κ2) is 6.87. The second-order valence-electron chi connectivity index (χ2n) is 5.85. The predicted octanol–water partition coefficient (Wildman–Crippen LogP) is 1.72. The molecule has 0 aromatic heterocycles. The van der Waals surface area contributed by atoms with Gasteiger partial charge in [0.25, 0.3) is 0 Å². The number of aliphatic imine (C=N–C) groups is 1. The van der Waals surface area contributed by atoms with Crippen LogP contribution in [0.25, 0.3) is 0 Å². The normalized spacial score (nSPS) is 25.9. The van der Waals surface area contributed by atoms with E-state index in [0.717, 1.165) is 5.69 Å². The van der Waals surface area contributed by atoms with Crippen molar-refractivity contribution in [3.05, 3.63) is 18.2 Å². The van der Waals surface area contributed by atoms with E-state index in [1.54, 1.807) is 33.3 Å². The SMILES string of the molecule is CCC(=O)N=C1S[C@@H]2CS(=O)(=O)C[C@H]2N1c1ccc(OC)c(OC)c1. The number of benzene rings is 1. The van der Waals surface area contributed by atoms with Crippen LogP contribution in [0.3, 0.4) is 0 Å². The number of thioether (sulfide) groups is 1. The van der Waals surface area contributed by atoms with E-state index >= 15 is 0 Å². The van der Waals surface area contributed by atoms with Crippen LogP contribution in [0.2, 0.25) is 0 Å². The average molecular weight is 384 g/mol. The highest BCUT2D eigenvalue weighted by molar-refractivity contribution is 8.16. The fourth-order valence-electron chi connectivity index (χ4n) is 3.03. The Hall–Kier alpha value is -1.74. The van der Waals surface area contributed by atoms with Gasteiger partial charge in [-0.3, -0.25) is 4.79 Å². The van der Waals surface area contributed by atoms with Crippen molar-refractivity contribution < 1.29 is 22.7 Å². The molecule has 3 rings (SSSR count). The van der Waals surface area contributed by atoms with Crippen molar-refractivity contribution in [1.29, 1.82) is 0 Å². The lowest BCUT2D eigenvalue weighted by atomic mass is 10.2. The van der Waals surface area contributed by atoms with Crippen LogP contribution in [0.4, 0.5) is 5.69 Å². The standard InChI is InChI=1S/C16H20N2O5S2/c1-4-15(19)17-16-18(11-8-25(20,21)9-14(11)24-16)10-5-6-12(22-2)13(7-10)23-3/h5-7,11,14H,4,8-9H2,1-3H3/t11-,14-/m1/s1. The molecule has 2 atom stereocenters. The molecule has 0 radical (unpaired) electrons. The lowest BCUT2D eigenvalue weighted by Crippen LogP contribution is -2.37. The molecule has 1 aromatic carbocycles. The average Bonchev–Trinajstić information content (AvgIpc) is 3.04. The first-order valence-electron chi connectivity index (χ1n) is 7.88. The van der Waals surface area contributed by atoms with Gasteiger partial charge in [0.15, 0.2) is 26.5 Å². The molecule has 0 N–H and O–H groups in total. The largest absolute Gasteiger partial charge is 0.493 e. The van der Waals surface area contributed by atoms with Gasteiger partial charge in [-0.05, 0) is 12.1 Å². The number of nitrogens with zero attached hydrogens (tertiary/aromatic N) is 2. The molecule has 1 aromatic rings. The number of rotatable bonds is 4. The molecule has 25 heavy (non-hydrogen) atoms. The molecular formula is C16H20N2O5S2. The van der Waals surface area contributed by atoms with Gasteiger partial charge in [0.05, 0.1) is 31.8 Å². The number of hydrogen-bond acceptors (Lipinski definition) is 6. The zero-order chi connectivity index (χ0) is 18.2. The summed E-state index contributed by atoms with van der Waals surface area (Å²) in [5.74, 6) is 1.05. The number of sulfone groups is 1. The molecule has 9 heteroatoms. The Bertz CT molecular complexity index is 822. The summed E-state index contributed by atoms with van der Waals surface area (Å²) < 4.78 is 34.7. The Labute approximate surface area is 151 Å². The van der Waals surface area contributed by atoms with Crippen LogP contribution in [0.1, 0.15) is 13.3 Å². The van der Waals surface area contributed by atoms with Gasteiger partial charge in [-0.2, -0.15) is 4.99 Å². The van der Waals surface area contributed by atoms with Crippen LogP contribution in [-0.2, 0) is 14.6 Å². The number of amides is 1. The molecule has 0 saturated carbocycles. The summed E-state index contributed by atoms with van der Waals surface area (Å²) in [4.78, 5) is 17.8. The van der Waals surface area contributed by atoms with Crippen molar-refractivity contribution in [3.63, 3.8) is 0 Å². The number of fused-ring (bicyclic) bond motifs is 1. The predicted molar refractivity (Wildman–Crippen MR) is 98.6 cm³/mol. The molecule has 1 amide bonds. The van der Waals surface area contributed by atoms with Crippen LogP contribution in [0.5, 0.6) is 11.5 Å². The summed E-state index contributed by atoms with van der Waals surface area (Å²) in [7, 11) is 0.000923. The molecule has 2 fully saturated rings. The Morgan fingerprint density at radius 1 is 1.28 bits per heavy atom.